The first-order chi connectivity index (χ1) is 8.67. The number of hydrogen-bond acceptors (Lipinski definition) is 3. The minimum absolute atomic E-state index is 0.0167. The van der Waals surface area contributed by atoms with Crippen LogP contribution >= 0.6 is 0 Å². The SMILES string of the molecule is CCC1C(=O)NCCN1c1ccc(F)cc1CO. The van der Waals surface area contributed by atoms with Crippen molar-refractivity contribution in [2.45, 2.75) is 26.0 Å². The number of nitrogens with zero attached hydrogens (tertiary/aromatic N) is 1. The first-order valence-corrected chi connectivity index (χ1v) is 6.11. The highest BCUT2D eigenvalue weighted by molar-refractivity contribution is 5.86. The van der Waals surface area contributed by atoms with E-state index in [2.05, 4.69) is 5.32 Å². The van der Waals surface area contributed by atoms with Gasteiger partial charge in [-0.1, -0.05) is 6.92 Å². The van der Waals surface area contributed by atoms with Crippen molar-refractivity contribution in [3.63, 3.8) is 0 Å². The van der Waals surface area contributed by atoms with Crippen LogP contribution in [0.2, 0.25) is 0 Å². The molecule has 0 radical (unpaired) electrons. The number of rotatable bonds is 3. The van der Waals surface area contributed by atoms with Crippen molar-refractivity contribution < 1.29 is 14.3 Å². The Morgan fingerprint density at radius 2 is 2.33 bits per heavy atom. The van der Waals surface area contributed by atoms with E-state index in [4.69, 9.17) is 0 Å². The highest BCUT2D eigenvalue weighted by Gasteiger charge is 2.29. The summed E-state index contributed by atoms with van der Waals surface area (Å²) in [6.45, 7) is 2.94. The second-order valence-corrected chi connectivity index (χ2v) is 4.34. The van der Waals surface area contributed by atoms with E-state index in [1.165, 1.54) is 12.1 Å². The Balaban J connectivity index is 2.37. The molecule has 98 valence electrons. The molecule has 2 rings (SSSR count). The van der Waals surface area contributed by atoms with E-state index in [1.807, 2.05) is 11.8 Å². The summed E-state index contributed by atoms with van der Waals surface area (Å²) in [5.74, 6) is -0.394. The minimum Gasteiger partial charge on any atom is -0.392 e. The fourth-order valence-electron chi connectivity index (χ4n) is 2.37. The van der Waals surface area contributed by atoms with Gasteiger partial charge in [0.25, 0.3) is 0 Å². The molecule has 1 amide bonds. The van der Waals surface area contributed by atoms with Crippen LogP contribution < -0.4 is 10.2 Å². The number of aliphatic hydroxyl groups is 1. The summed E-state index contributed by atoms with van der Waals surface area (Å²) in [5, 5.41) is 12.1. The molecule has 1 saturated heterocycles. The molecule has 18 heavy (non-hydrogen) atoms. The smallest absolute Gasteiger partial charge is 0.242 e. The van der Waals surface area contributed by atoms with Crippen LogP contribution in [0.25, 0.3) is 0 Å². The molecule has 4 nitrogen and oxygen atoms in total. The maximum Gasteiger partial charge on any atom is 0.242 e. The Bertz CT molecular complexity index is 451. The molecule has 0 bridgehead atoms. The zero-order chi connectivity index (χ0) is 13.1. The van der Waals surface area contributed by atoms with E-state index in [0.717, 1.165) is 5.69 Å². The van der Waals surface area contributed by atoms with Crippen molar-refractivity contribution in [1.29, 1.82) is 0 Å². The van der Waals surface area contributed by atoms with Crippen molar-refractivity contribution in [1.82, 2.24) is 5.32 Å². The number of amides is 1. The lowest BCUT2D eigenvalue weighted by atomic mass is 10.1. The number of benzene rings is 1. The molecule has 1 aliphatic rings. The molecule has 1 heterocycles. The van der Waals surface area contributed by atoms with Crippen molar-refractivity contribution in [3.8, 4) is 0 Å². The van der Waals surface area contributed by atoms with Gasteiger partial charge in [-0.2, -0.15) is 0 Å². The summed E-state index contributed by atoms with van der Waals surface area (Å²) in [4.78, 5) is 13.7. The third kappa shape index (κ3) is 2.31. The van der Waals surface area contributed by atoms with Crippen molar-refractivity contribution in [2.24, 2.45) is 0 Å². The van der Waals surface area contributed by atoms with Crippen LogP contribution in [0.3, 0.4) is 0 Å². The lowest BCUT2D eigenvalue weighted by Crippen LogP contribution is -2.55. The second-order valence-electron chi connectivity index (χ2n) is 4.34. The summed E-state index contributed by atoms with van der Waals surface area (Å²) in [6.07, 6.45) is 0.675. The predicted molar refractivity (Wildman–Crippen MR) is 66.8 cm³/mol. The van der Waals surface area contributed by atoms with Crippen LogP contribution in [0.5, 0.6) is 0 Å². The van der Waals surface area contributed by atoms with E-state index < -0.39 is 0 Å². The predicted octanol–water partition coefficient (Wildman–Crippen LogP) is 1.03. The van der Waals surface area contributed by atoms with Gasteiger partial charge in [0.2, 0.25) is 5.91 Å². The molecule has 1 atom stereocenters. The van der Waals surface area contributed by atoms with Gasteiger partial charge in [0.05, 0.1) is 6.61 Å². The Kier molecular flexibility index (Phi) is 3.81. The highest BCUT2D eigenvalue weighted by atomic mass is 19.1. The van der Waals surface area contributed by atoms with Gasteiger partial charge in [-0.05, 0) is 24.6 Å². The van der Waals surface area contributed by atoms with Gasteiger partial charge < -0.3 is 15.3 Å². The Morgan fingerprint density at radius 3 is 3.00 bits per heavy atom. The molecule has 1 unspecified atom stereocenters. The summed E-state index contributed by atoms with van der Waals surface area (Å²) >= 11 is 0. The van der Waals surface area contributed by atoms with Crippen LogP contribution in [0.15, 0.2) is 18.2 Å². The zero-order valence-electron chi connectivity index (χ0n) is 10.3. The van der Waals surface area contributed by atoms with Gasteiger partial charge in [-0.15, -0.1) is 0 Å². The van der Waals surface area contributed by atoms with Gasteiger partial charge in [-0.25, -0.2) is 4.39 Å². The lowest BCUT2D eigenvalue weighted by molar-refractivity contribution is -0.123. The largest absolute Gasteiger partial charge is 0.392 e. The van der Waals surface area contributed by atoms with Gasteiger partial charge in [0.1, 0.15) is 11.9 Å². The molecule has 1 aromatic rings. The van der Waals surface area contributed by atoms with Crippen molar-refractivity contribution in [2.75, 3.05) is 18.0 Å². The number of piperazine rings is 1. The molecule has 0 spiro atoms. The molecule has 0 saturated carbocycles. The number of carbonyl (C=O) groups is 1. The number of hydrogen-bond donors (Lipinski definition) is 2. The number of carbonyl (C=O) groups excluding carboxylic acids is 1. The third-order valence-corrected chi connectivity index (χ3v) is 3.24. The third-order valence-electron chi connectivity index (χ3n) is 3.24. The average molecular weight is 252 g/mol. The van der Waals surface area contributed by atoms with E-state index >= 15 is 0 Å². The van der Waals surface area contributed by atoms with E-state index in [1.54, 1.807) is 6.07 Å². The lowest BCUT2D eigenvalue weighted by Gasteiger charge is -2.37. The standard InChI is InChI=1S/C13H17FN2O2/c1-2-11-13(18)15-5-6-16(11)12-4-3-10(14)7-9(12)8-17/h3-4,7,11,17H,2,5-6,8H2,1H3,(H,15,18). The fraction of sp³-hybridized carbons (Fsp3) is 0.462. The molecule has 5 heteroatoms. The zero-order valence-corrected chi connectivity index (χ0v) is 10.3. The molecule has 0 aliphatic carbocycles. The quantitative estimate of drug-likeness (QED) is 0.845. The van der Waals surface area contributed by atoms with E-state index in [-0.39, 0.29) is 24.4 Å². The maximum atomic E-state index is 13.1. The van der Waals surface area contributed by atoms with Gasteiger partial charge in [0.15, 0.2) is 0 Å². The second kappa shape index (κ2) is 5.35. The summed E-state index contributed by atoms with van der Waals surface area (Å²) in [7, 11) is 0. The normalized spacial score (nSPS) is 19.8. The molecular formula is C13H17FN2O2. The average Bonchev–Trinajstić information content (AvgIpc) is 2.38. The fourth-order valence-corrected chi connectivity index (χ4v) is 2.37. The van der Waals surface area contributed by atoms with Gasteiger partial charge >= 0.3 is 0 Å². The molecule has 1 aliphatic heterocycles. The number of nitrogens with one attached hydrogen (secondary N) is 1. The van der Waals surface area contributed by atoms with Crippen LogP contribution in [0.1, 0.15) is 18.9 Å². The first-order valence-electron chi connectivity index (χ1n) is 6.11. The monoisotopic (exact) mass is 252 g/mol. The van der Waals surface area contributed by atoms with Crippen LogP contribution in [0.4, 0.5) is 10.1 Å². The van der Waals surface area contributed by atoms with Gasteiger partial charge in [-0.3, -0.25) is 4.79 Å². The topological polar surface area (TPSA) is 52.6 Å². The van der Waals surface area contributed by atoms with Crippen molar-refractivity contribution >= 4 is 11.6 Å². The van der Waals surface area contributed by atoms with Gasteiger partial charge in [0, 0.05) is 24.3 Å². The highest BCUT2D eigenvalue weighted by Crippen LogP contribution is 2.25. The molecule has 1 aromatic carbocycles. The van der Waals surface area contributed by atoms with Crippen LogP contribution in [0, 0.1) is 5.82 Å². The summed E-state index contributed by atoms with van der Waals surface area (Å²) < 4.78 is 13.1. The van der Waals surface area contributed by atoms with E-state index in [9.17, 15) is 14.3 Å². The van der Waals surface area contributed by atoms with E-state index in [0.29, 0.717) is 25.1 Å². The Morgan fingerprint density at radius 1 is 1.56 bits per heavy atom. The molecule has 2 N–H and O–H groups in total. The number of aliphatic hydroxyl groups excluding tert-OH is 1. The van der Waals surface area contributed by atoms with Crippen LogP contribution in [-0.2, 0) is 11.4 Å². The summed E-state index contributed by atoms with van der Waals surface area (Å²) in [5.41, 5.74) is 1.25. The van der Waals surface area contributed by atoms with Crippen molar-refractivity contribution in [3.05, 3.63) is 29.6 Å². The number of halogens is 1. The summed E-state index contributed by atoms with van der Waals surface area (Å²) in [6, 6.07) is 4.04. The Labute approximate surface area is 105 Å². The molecule has 1 fully saturated rings. The molecule has 0 aromatic heterocycles. The maximum absolute atomic E-state index is 13.1. The van der Waals surface area contributed by atoms with Crippen LogP contribution in [-0.4, -0.2) is 30.1 Å². The first kappa shape index (κ1) is 12.8. The Hall–Kier alpha value is -1.62. The number of anilines is 1. The minimum atomic E-state index is -0.377. The molecular weight excluding hydrogens is 235 g/mol.